The van der Waals surface area contributed by atoms with Gasteiger partial charge in [0.2, 0.25) is 0 Å². The highest BCUT2D eigenvalue weighted by molar-refractivity contribution is 8.13. The average molecular weight is 328 g/mol. The molecule has 1 amide bonds. The first-order chi connectivity index (χ1) is 8.62. The van der Waals surface area contributed by atoms with Crippen LogP contribution in [0.25, 0.3) is 0 Å². The van der Waals surface area contributed by atoms with Gasteiger partial charge in [-0.15, -0.1) is 0 Å². The predicted octanol–water partition coefficient (Wildman–Crippen LogP) is 2.79. The van der Waals surface area contributed by atoms with Crippen LogP contribution in [0.15, 0.2) is 17.0 Å². The molecule has 0 aliphatic rings. The van der Waals surface area contributed by atoms with E-state index < -0.39 is 31.2 Å². The molecule has 8 heteroatoms. The lowest BCUT2D eigenvalue weighted by Crippen LogP contribution is -2.28. The largest absolute Gasteiger partial charge is 0.352 e. The molecular formula is C11H12Cl2FNO3S. The summed E-state index contributed by atoms with van der Waals surface area (Å²) < 4.78 is 36.1. The van der Waals surface area contributed by atoms with Crippen molar-refractivity contribution >= 4 is 37.2 Å². The molecule has 0 bridgehead atoms. The molecule has 0 fully saturated rings. The number of carbonyl (C=O) groups is 1. The van der Waals surface area contributed by atoms with Crippen LogP contribution in [0, 0.1) is 11.7 Å². The predicted molar refractivity (Wildman–Crippen MR) is 71.6 cm³/mol. The van der Waals surface area contributed by atoms with Crippen molar-refractivity contribution in [3.63, 3.8) is 0 Å². The van der Waals surface area contributed by atoms with Gasteiger partial charge in [0.15, 0.2) is 0 Å². The molecule has 0 unspecified atom stereocenters. The van der Waals surface area contributed by atoms with Gasteiger partial charge in [-0.2, -0.15) is 0 Å². The first-order valence-electron chi connectivity index (χ1n) is 5.35. The first kappa shape index (κ1) is 16.2. The Bertz CT molecular complexity index is 602. The molecule has 0 heterocycles. The molecule has 19 heavy (non-hydrogen) atoms. The van der Waals surface area contributed by atoms with Crippen LogP contribution in [0.5, 0.6) is 0 Å². The Balaban J connectivity index is 3.19. The number of hydrogen-bond acceptors (Lipinski definition) is 3. The number of halogens is 3. The summed E-state index contributed by atoms with van der Waals surface area (Å²) in [4.78, 5) is 11.2. The molecule has 1 rings (SSSR count). The van der Waals surface area contributed by atoms with E-state index in [1.165, 1.54) is 0 Å². The van der Waals surface area contributed by atoms with Crippen LogP contribution in [-0.4, -0.2) is 20.9 Å². The van der Waals surface area contributed by atoms with Crippen LogP contribution < -0.4 is 5.32 Å². The summed E-state index contributed by atoms with van der Waals surface area (Å²) in [6.45, 7) is 4.07. The topological polar surface area (TPSA) is 63.2 Å². The Morgan fingerprint density at radius 2 is 2.00 bits per heavy atom. The van der Waals surface area contributed by atoms with Gasteiger partial charge < -0.3 is 5.32 Å². The Kier molecular flexibility index (Phi) is 5.18. The number of amides is 1. The van der Waals surface area contributed by atoms with E-state index in [9.17, 15) is 17.6 Å². The van der Waals surface area contributed by atoms with Gasteiger partial charge in [-0.25, -0.2) is 12.8 Å². The molecule has 0 spiro atoms. The fraction of sp³-hybridized carbons (Fsp3) is 0.364. The van der Waals surface area contributed by atoms with Gasteiger partial charge in [0.1, 0.15) is 10.7 Å². The molecule has 1 N–H and O–H groups in total. The van der Waals surface area contributed by atoms with Crippen molar-refractivity contribution in [3.8, 4) is 0 Å². The summed E-state index contributed by atoms with van der Waals surface area (Å²) in [6.07, 6.45) is 0. The monoisotopic (exact) mass is 327 g/mol. The van der Waals surface area contributed by atoms with E-state index in [1.807, 2.05) is 13.8 Å². The highest BCUT2D eigenvalue weighted by Crippen LogP contribution is 2.27. The van der Waals surface area contributed by atoms with Crippen molar-refractivity contribution in [3.05, 3.63) is 28.5 Å². The maximum Gasteiger partial charge on any atom is 0.262 e. The van der Waals surface area contributed by atoms with Gasteiger partial charge in [0.05, 0.1) is 10.6 Å². The van der Waals surface area contributed by atoms with Gasteiger partial charge in [-0.05, 0) is 18.1 Å². The molecule has 0 aliphatic heterocycles. The second-order valence-corrected chi connectivity index (χ2v) is 7.25. The summed E-state index contributed by atoms with van der Waals surface area (Å²) in [7, 11) is 1.01. The second-order valence-electron chi connectivity index (χ2n) is 4.30. The van der Waals surface area contributed by atoms with E-state index in [-0.39, 0.29) is 10.9 Å². The zero-order chi connectivity index (χ0) is 14.8. The lowest BCUT2D eigenvalue weighted by molar-refractivity contribution is 0.0944. The summed E-state index contributed by atoms with van der Waals surface area (Å²) in [6, 6.07) is 1.58. The van der Waals surface area contributed by atoms with Crippen molar-refractivity contribution in [2.24, 2.45) is 5.92 Å². The van der Waals surface area contributed by atoms with Crippen molar-refractivity contribution in [1.29, 1.82) is 0 Å². The number of nitrogens with one attached hydrogen (secondary N) is 1. The third-order valence-corrected chi connectivity index (χ3v) is 3.99. The molecule has 0 aliphatic carbocycles. The molecule has 0 aromatic heterocycles. The van der Waals surface area contributed by atoms with Crippen molar-refractivity contribution < 1.29 is 17.6 Å². The average Bonchev–Trinajstić information content (AvgIpc) is 2.24. The van der Waals surface area contributed by atoms with Crippen LogP contribution in [0.4, 0.5) is 4.39 Å². The van der Waals surface area contributed by atoms with Crippen molar-refractivity contribution in [1.82, 2.24) is 5.32 Å². The molecule has 4 nitrogen and oxygen atoms in total. The van der Waals surface area contributed by atoms with E-state index in [0.29, 0.717) is 6.54 Å². The zero-order valence-corrected chi connectivity index (χ0v) is 12.5. The summed E-state index contributed by atoms with van der Waals surface area (Å²) in [5, 5.41) is 2.11. The van der Waals surface area contributed by atoms with Crippen LogP contribution >= 0.6 is 22.3 Å². The molecule has 1 aromatic carbocycles. The Labute approximate surface area is 120 Å². The van der Waals surface area contributed by atoms with Crippen molar-refractivity contribution in [2.75, 3.05) is 6.54 Å². The SMILES string of the molecule is CC(C)CNC(=O)c1cc(S(=O)(=O)Cl)c(Cl)cc1F. The molecule has 106 valence electrons. The Morgan fingerprint density at radius 1 is 1.42 bits per heavy atom. The third-order valence-electron chi connectivity index (χ3n) is 2.20. The summed E-state index contributed by atoms with van der Waals surface area (Å²) in [5.41, 5.74) is -0.413. The molecule has 1 aromatic rings. The molecule has 0 atom stereocenters. The van der Waals surface area contributed by atoms with E-state index >= 15 is 0 Å². The Morgan fingerprint density at radius 3 is 2.47 bits per heavy atom. The Hall–Kier alpha value is -0.850. The quantitative estimate of drug-likeness (QED) is 0.865. The number of benzene rings is 1. The van der Waals surface area contributed by atoms with Gasteiger partial charge in [-0.3, -0.25) is 4.79 Å². The van der Waals surface area contributed by atoms with Gasteiger partial charge >= 0.3 is 0 Å². The highest BCUT2D eigenvalue weighted by atomic mass is 35.7. The highest BCUT2D eigenvalue weighted by Gasteiger charge is 2.21. The molecular weight excluding hydrogens is 316 g/mol. The summed E-state index contributed by atoms with van der Waals surface area (Å²) in [5.74, 6) is -1.45. The zero-order valence-electron chi connectivity index (χ0n) is 10.2. The number of rotatable bonds is 4. The normalized spacial score (nSPS) is 11.7. The third kappa shape index (κ3) is 4.33. The van der Waals surface area contributed by atoms with Gasteiger partial charge in [0.25, 0.3) is 15.0 Å². The lowest BCUT2D eigenvalue weighted by atomic mass is 10.1. The van der Waals surface area contributed by atoms with Gasteiger partial charge in [-0.1, -0.05) is 25.4 Å². The smallest absolute Gasteiger partial charge is 0.262 e. The number of carbonyl (C=O) groups excluding carboxylic acids is 1. The van der Waals surface area contributed by atoms with E-state index in [2.05, 4.69) is 5.32 Å². The molecule has 0 radical (unpaired) electrons. The minimum absolute atomic E-state index is 0.176. The second kappa shape index (κ2) is 6.07. The minimum Gasteiger partial charge on any atom is -0.352 e. The first-order valence-corrected chi connectivity index (χ1v) is 8.03. The van der Waals surface area contributed by atoms with E-state index in [4.69, 9.17) is 22.3 Å². The fourth-order valence-electron chi connectivity index (χ4n) is 1.28. The van der Waals surface area contributed by atoms with Crippen LogP contribution in [0.3, 0.4) is 0 Å². The maximum atomic E-state index is 13.6. The maximum absolute atomic E-state index is 13.6. The van der Waals surface area contributed by atoms with Crippen LogP contribution in [-0.2, 0) is 9.05 Å². The van der Waals surface area contributed by atoms with E-state index in [1.54, 1.807) is 0 Å². The van der Waals surface area contributed by atoms with Crippen LogP contribution in [0.2, 0.25) is 5.02 Å². The van der Waals surface area contributed by atoms with Gasteiger partial charge in [0, 0.05) is 17.2 Å². The standard InChI is InChI=1S/C11H12Cl2FNO3S/c1-6(2)5-15-11(16)7-3-10(19(13,17)18)8(12)4-9(7)14/h3-4,6H,5H2,1-2H3,(H,15,16). The summed E-state index contributed by atoms with van der Waals surface area (Å²) >= 11 is 5.58. The molecule has 0 saturated carbocycles. The van der Waals surface area contributed by atoms with E-state index in [0.717, 1.165) is 12.1 Å². The minimum atomic E-state index is -4.14. The number of hydrogen-bond donors (Lipinski definition) is 1. The fourth-order valence-corrected chi connectivity index (χ4v) is 2.79. The van der Waals surface area contributed by atoms with Crippen LogP contribution in [0.1, 0.15) is 24.2 Å². The lowest BCUT2D eigenvalue weighted by Gasteiger charge is -2.10. The van der Waals surface area contributed by atoms with Crippen molar-refractivity contribution in [2.45, 2.75) is 18.7 Å². The molecule has 0 saturated heterocycles.